The lowest BCUT2D eigenvalue weighted by Crippen LogP contribution is -2.33. The van der Waals surface area contributed by atoms with Gasteiger partial charge in [0.05, 0.1) is 13.5 Å². The zero-order valence-electron chi connectivity index (χ0n) is 13.4. The summed E-state index contributed by atoms with van der Waals surface area (Å²) in [7, 11) is 1.32. The van der Waals surface area contributed by atoms with Gasteiger partial charge in [0.25, 0.3) is 0 Å². The van der Waals surface area contributed by atoms with E-state index >= 15 is 0 Å². The van der Waals surface area contributed by atoms with Crippen molar-refractivity contribution in [3.63, 3.8) is 0 Å². The zero-order chi connectivity index (χ0) is 16.2. The molecule has 0 saturated carbocycles. The molecule has 0 radical (unpaired) electrons. The number of nitrogens with zero attached hydrogens (tertiary/aromatic N) is 1. The molecule has 1 rings (SSSR count). The number of ether oxygens (including phenoxy) is 1. The van der Waals surface area contributed by atoms with E-state index in [-0.39, 0.29) is 24.7 Å². The Hall–Kier alpha value is -2.17. The zero-order valence-corrected chi connectivity index (χ0v) is 13.4. The predicted molar refractivity (Wildman–Crippen MR) is 84.8 cm³/mol. The van der Waals surface area contributed by atoms with Crippen molar-refractivity contribution in [2.75, 3.05) is 13.7 Å². The third-order valence-corrected chi connectivity index (χ3v) is 3.23. The number of hydrogen-bond acceptors (Lipinski definition) is 3. The van der Waals surface area contributed by atoms with Crippen molar-refractivity contribution in [2.24, 2.45) is 0 Å². The number of unbranched alkanes of at least 4 members (excludes halogenated alkanes) is 1. The molecule has 1 amide bonds. The maximum absolute atomic E-state index is 11.5. The SMILES string of the molecule is C/C=C/c1cc[n+](CCCCNC(=O)CCC(=O)OC)cc1. The molecule has 0 aliphatic rings. The molecule has 0 bridgehead atoms. The molecule has 5 heteroatoms. The number of esters is 1. The van der Waals surface area contributed by atoms with E-state index in [9.17, 15) is 9.59 Å². The maximum Gasteiger partial charge on any atom is 0.306 e. The van der Waals surface area contributed by atoms with E-state index in [0.29, 0.717) is 6.54 Å². The Morgan fingerprint density at radius 3 is 2.59 bits per heavy atom. The van der Waals surface area contributed by atoms with E-state index in [4.69, 9.17) is 0 Å². The first-order valence-electron chi connectivity index (χ1n) is 7.61. The normalized spacial score (nSPS) is 10.6. The Balaban J connectivity index is 2.12. The van der Waals surface area contributed by atoms with Crippen LogP contribution in [-0.4, -0.2) is 25.5 Å². The van der Waals surface area contributed by atoms with Gasteiger partial charge < -0.3 is 10.1 Å². The van der Waals surface area contributed by atoms with E-state index < -0.39 is 0 Å². The summed E-state index contributed by atoms with van der Waals surface area (Å²) in [5.74, 6) is -0.457. The number of carbonyl (C=O) groups excluding carboxylic acids is 2. The number of carbonyl (C=O) groups is 2. The summed E-state index contributed by atoms with van der Waals surface area (Å²) >= 11 is 0. The number of pyridine rings is 1. The van der Waals surface area contributed by atoms with Crippen molar-refractivity contribution in [3.05, 3.63) is 36.2 Å². The molecule has 1 aromatic rings. The Morgan fingerprint density at radius 2 is 1.95 bits per heavy atom. The number of hydrogen-bond donors (Lipinski definition) is 1. The summed E-state index contributed by atoms with van der Waals surface area (Å²) in [6.07, 6.45) is 10.4. The van der Waals surface area contributed by atoms with Crippen LogP contribution in [0.1, 0.15) is 38.2 Å². The second-order valence-corrected chi connectivity index (χ2v) is 5.00. The summed E-state index contributed by atoms with van der Waals surface area (Å²) in [6.45, 7) is 3.56. The van der Waals surface area contributed by atoms with Crippen LogP contribution in [0.5, 0.6) is 0 Å². The van der Waals surface area contributed by atoms with Crippen LogP contribution in [0.25, 0.3) is 6.08 Å². The van der Waals surface area contributed by atoms with Crippen LogP contribution in [0.2, 0.25) is 0 Å². The first-order valence-corrected chi connectivity index (χ1v) is 7.61. The second-order valence-electron chi connectivity index (χ2n) is 5.00. The number of methoxy groups -OCH3 is 1. The van der Waals surface area contributed by atoms with Crippen LogP contribution in [0, 0.1) is 0 Å². The van der Waals surface area contributed by atoms with Gasteiger partial charge in [-0.1, -0.05) is 12.2 Å². The van der Waals surface area contributed by atoms with Crippen LogP contribution >= 0.6 is 0 Å². The average molecular weight is 305 g/mol. The van der Waals surface area contributed by atoms with Crippen LogP contribution in [0.15, 0.2) is 30.6 Å². The molecule has 0 aliphatic heterocycles. The number of amides is 1. The highest BCUT2D eigenvalue weighted by molar-refractivity contribution is 5.81. The molecule has 0 aliphatic carbocycles. The fourth-order valence-corrected chi connectivity index (χ4v) is 1.97. The van der Waals surface area contributed by atoms with Crippen molar-refractivity contribution in [3.8, 4) is 0 Å². The largest absolute Gasteiger partial charge is 0.469 e. The molecule has 0 atom stereocenters. The second kappa shape index (κ2) is 10.5. The minimum absolute atomic E-state index is 0.103. The van der Waals surface area contributed by atoms with E-state index in [2.05, 4.69) is 45.2 Å². The van der Waals surface area contributed by atoms with Gasteiger partial charge in [0, 0.05) is 31.5 Å². The van der Waals surface area contributed by atoms with Crippen LogP contribution in [0.4, 0.5) is 0 Å². The number of nitrogens with one attached hydrogen (secondary N) is 1. The van der Waals surface area contributed by atoms with E-state index in [1.54, 1.807) is 0 Å². The lowest BCUT2D eigenvalue weighted by molar-refractivity contribution is -0.697. The summed E-state index contributed by atoms with van der Waals surface area (Å²) in [5, 5.41) is 2.81. The van der Waals surface area contributed by atoms with Crippen LogP contribution < -0.4 is 9.88 Å². The monoisotopic (exact) mass is 305 g/mol. The van der Waals surface area contributed by atoms with Gasteiger partial charge in [-0.05, 0) is 18.9 Å². The third-order valence-electron chi connectivity index (χ3n) is 3.23. The summed E-state index contributed by atoms with van der Waals surface area (Å²) in [5.41, 5.74) is 1.19. The smallest absolute Gasteiger partial charge is 0.306 e. The fourth-order valence-electron chi connectivity index (χ4n) is 1.97. The maximum atomic E-state index is 11.5. The van der Waals surface area contributed by atoms with Gasteiger partial charge in [0.15, 0.2) is 12.4 Å². The molecule has 1 aromatic heterocycles. The Labute approximate surface area is 132 Å². The van der Waals surface area contributed by atoms with Crippen molar-refractivity contribution >= 4 is 18.0 Å². The molecule has 120 valence electrons. The summed E-state index contributed by atoms with van der Waals surface area (Å²) < 4.78 is 6.62. The average Bonchev–Trinajstić information content (AvgIpc) is 2.54. The molecule has 5 nitrogen and oxygen atoms in total. The number of aryl methyl sites for hydroxylation is 1. The van der Waals surface area contributed by atoms with E-state index in [1.807, 2.05) is 13.0 Å². The van der Waals surface area contributed by atoms with Gasteiger partial charge in [0.1, 0.15) is 6.54 Å². The first-order chi connectivity index (χ1) is 10.7. The molecule has 0 spiro atoms. The van der Waals surface area contributed by atoms with Crippen LogP contribution in [0.3, 0.4) is 0 Å². The van der Waals surface area contributed by atoms with Gasteiger partial charge in [-0.2, -0.15) is 0 Å². The van der Waals surface area contributed by atoms with E-state index in [0.717, 1.165) is 19.4 Å². The minimum Gasteiger partial charge on any atom is -0.469 e. The lowest BCUT2D eigenvalue weighted by Gasteiger charge is -2.04. The number of allylic oxidation sites excluding steroid dienone is 1. The predicted octanol–water partition coefficient (Wildman–Crippen LogP) is 1.86. The Kier molecular flexibility index (Phi) is 8.57. The first kappa shape index (κ1) is 17.9. The van der Waals surface area contributed by atoms with E-state index in [1.165, 1.54) is 12.7 Å². The van der Waals surface area contributed by atoms with Gasteiger partial charge in [0.2, 0.25) is 5.91 Å². The highest BCUT2D eigenvalue weighted by Crippen LogP contribution is 1.98. The van der Waals surface area contributed by atoms with Gasteiger partial charge in [-0.25, -0.2) is 4.57 Å². The molecule has 22 heavy (non-hydrogen) atoms. The van der Waals surface area contributed by atoms with Crippen LogP contribution in [-0.2, 0) is 20.9 Å². The highest BCUT2D eigenvalue weighted by Gasteiger charge is 2.06. The molecule has 0 fully saturated rings. The molecule has 0 aromatic carbocycles. The van der Waals surface area contributed by atoms with Crippen molar-refractivity contribution in [1.29, 1.82) is 0 Å². The number of aromatic nitrogens is 1. The third kappa shape index (κ3) is 7.57. The molecular weight excluding hydrogens is 280 g/mol. The minimum atomic E-state index is -0.354. The molecule has 0 unspecified atom stereocenters. The van der Waals surface area contributed by atoms with Gasteiger partial charge in [-0.15, -0.1) is 0 Å². The summed E-state index contributed by atoms with van der Waals surface area (Å²) in [4.78, 5) is 22.4. The molecule has 1 N–H and O–H groups in total. The fraction of sp³-hybridized carbons (Fsp3) is 0.471. The Morgan fingerprint density at radius 1 is 1.23 bits per heavy atom. The van der Waals surface area contributed by atoms with Crippen molar-refractivity contribution in [1.82, 2.24) is 5.32 Å². The number of rotatable bonds is 9. The lowest BCUT2D eigenvalue weighted by atomic mass is 10.2. The quantitative estimate of drug-likeness (QED) is 0.430. The Bertz CT molecular complexity index is 495. The molecule has 0 saturated heterocycles. The summed E-state index contributed by atoms with van der Waals surface area (Å²) in [6, 6.07) is 4.16. The topological polar surface area (TPSA) is 59.3 Å². The molecular formula is C17H25N2O3+. The standard InChI is InChI=1S/C17H24N2O3/c1-3-6-15-9-13-19(14-10-15)12-5-4-11-18-16(20)7-8-17(21)22-2/h3,6,9-10,13-14H,4-5,7-8,11-12H2,1-2H3/p+1/b6-3+. The van der Waals surface area contributed by atoms with Gasteiger partial charge >= 0.3 is 5.97 Å². The molecule has 1 heterocycles. The van der Waals surface area contributed by atoms with Crippen molar-refractivity contribution in [2.45, 2.75) is 39.2 Å². The van der Waals surface area contributed by atoms with Crippen molar-refractivity contribution < 1.29 is 18.9 Å². The van der Waals surface area contributed by atoms with Gasteiger partial charge in [-0.3, -0.25) is 9.59 Å². The highest BCUT2D eigenvalue weighted by atomic mass is 16.5.